The lowest BCUT2D eigenvalue weighted by Gasteiger charge is -2.32. The van der Waals surface area contributed by atoms with Crippen LogP contribution in [0.15, 0.2) is 54.7 Å². The Balaban J connectivity index is 0.000000383. The number of aliphatic carboxylic acids is 1. The van der Waals surface area contributed by atoms with Crippen LogP contribution in [0.3, 0.4) is 0 Å². The predicted molar refractivity (Wildman–Crippen MR) is 116 cm³/mol. The van der Waals surface area contributed by atoms with Gasteiger partial charge in [-0.1, -0.05) is 18.2 Å². The minimum absolute atomic E-state index is 0.0617. The number of carbonyl (C=O) groups excluding carboxylic acids is 1. The molecular formula is C23H22F3N3O4. The van der Waals surface area contributed by atoms with Crippen molar-refractivity contribution in [3.05, 3.63) is 60.3 Å². The number of likely N-dealkylation sites (N-methyl/N-ethyl adjacent to an activating group) is 1. The van der Waals surface area contributed by atoms with Crippen LogP contribution in [-0.4, -0.2) is 76.3 Å². The number of piperazine rings is 1. The zero-order valence-electron chi connectivity index (χ0n) is 17.7. The lowest BCUT2D eigenvalue weighted by atomic mass is 10.00. The molecule has 2 heterocycles. The van der Waals surface area contributed by atoms with E-state index in [0.717, 1.165) is 42.7 Å². The van der Waals surface area contributed by atoms with Gasteiger partial charge in [0.05, 0.1) is 0 Å². The molecule has 1 aromatic heterocycles. The van der Waals surface area contributed by atoms with E-state index in [1.807, 2.05) is 47.4 Å². The number of phenolic OH excluding ortho intramolecular Hbond substituents is 1. The third kappa shape index (κ3) is 5.98. The summed E-state index contributed by atoms with van der Waals surface area (Å²) < 4.78 is 31.7. The largest absolute Gasteiger partial charge is 0.506 e. The molecule has 2 aromatic carbocycles. The molecule has 0 unspecified atom stereocenters. The number of benzene rings is 2. The number of hydrogen-bond donors (Lipinski definition) is 2. The summed E-state index contributed by atoms with van der Waals surface area (Å²) in [4.78, 5) is 30.1. The number of aromatic nitrogens is 1. The van der Waals surface area contributed by atoms with Crippen LogP contribution in [-0.2, 0) is 4.79 Å². The van der Waals surface area contributed by atoms with E-state index in [4.69, 9.17) is 9.90 Å². The van der Waals surface area contributed by atoms with Gasteiger partial charge in [-0.2, -0.15) is 13.2 Å². The summed E-state index contributed by atoms with van der Waals surface area (Å²) in [6.45, 7) is 3.30. The van der Waals surface area contributed by atoms with Gasteiger partial charge in [-0.05, 0) is 48.5 Å². The van der Waals surface area contributed by atoms with E-state index in [-0.39, 0.29) is 11.7 Å². The Bertz CT molecular complexity index is 1160. The normalized spacial score (nSPS) is 14.5. The molecule has 1 amide bonds. The molecule has 4 rings (SSSR count). The molecule has 0 bridgehead atoms. The summed E-state index contributed by atoms with van der Waals surface area (Å²) in [6.07, 6.45) is -3.42. The van der Waals surface area contributed by atoms with Gasteiger partial charge in [0.1, 0.15) is 11.3 Å². The molecule has 10 heteroatoms. The minimum atomic E-state index is -5.08. The number of phenols is 1. The van der Waals surface area contributed by atoms with E-state index in [9.17, 15) is 23.1 Å². The van der Waals surface area contributed by atoms with Crippen LogP contribution in [0.2, 0.25) is 0 Å². The summed E-state index contributed by atoms with van der Waals surface area (Å²) in [5.41, 5.74) is 3.04. The molecule has 0 aliphatic carbocycles. The molecule has 1 saturated heterocycles. The second-order valence-electron chi connectivity index (χ2n) is 7.55. The third-order valence-corrected chi connectivity index (χ3v) is 5.16. The van der Waals surface area contributed by atoms with Gasteiger partial charge >= 0.3 is 12.1 Å². The van der Waals surface area contributed by atoms with E-state index in [2.05, 4.69) is 16.9 Å². The van der Waals surface area contributed by atoms with Gasteiger partial charge in [-0.15, -0.1) is 0 Å². The Hall–Kier alpha value is -3.66. The first kappa shape index (κ1) is 24.0. The van der Waals surface area contributed by atoms with Crippen LogP contribution in [0.25, 0.3) is 22.0 Å². The Morgan fingerprint density at radius 3 is 2.27 bits per heavy atom. The molecular weight excluding hydrogens is 439 g/mol. The topological polar surface area (TPSA) is 94.0 Å². The average molecular weight is 461 g/mol. The van der Waals surface area contributed by atoms with Gasteiger partial charge in [-0.3, -0.25) is 9.78 Å². The molecule has 1 fully saturated rings. The summed E-state index contributed by atoms with van der Waals surface area (Å²) in [5, 5.41) is 18.3. The van der Waals surface area contributed by atoms with Gasteiger partial charge in [0, 0.05) is 43.3 Å². The van der Waals surface area contributed by atoms with Crippen LogP contribution in [0.4, 0.5) is 13.2 Å². The lowest BCUT2D eigenvalue weighted by Crippen LogP contribution is -2.47. The van der Waals surface area contributed by atoms with Crippen molar-refractivity contribution in [2.45, 2.75) is 6.18 Å². The number of alkyl halides is 3. The number of hydrogen-bond acceptors (Lipinski definition) is 5. The lowest BCUT2D eigenvalue weighted by molar-refractivity contribution is -0.192. The van der Waals surface area contributed by atoms with Gasteiger partial charge in [-0.25, -0.2) is 4.79 Å². The fraction of sp³-hybridized carbons (Fsp3) is 0.261. The highest BCUT2D eigenvalue weighted by molar-refractivity contribution is 5.96. The summed E-state index contributed by atoms with van der Waals surface area (Å²) in [7, 11) is 2.07. The fourth-order valence-corrected chi connectivity index (χ4v) is 3.36. The van der Waals surface area contributed by atoms with E-state index >= 15 is 0 Å². The van der Waals surface area contributed by atoms with Crippen LogP contribution < -0.4 is 0 Å². The Kier molecular flexibility index (Phi) is 7.17. The molecule has 7 nitrogen and oxygen atoms in total. The monoisotopic (exact) mass is 461 g/mol. The van der Waals surface area contributed by atoms with Crippen LogP contribution in [0.5, 0.6) is 5.75 Å². The molecule has 0 radical (unpaired) electrons. The van der Waals surface area contributed by atoms with Gasteiger partial charge < -0.3 is 20.0 Å². The van der Waals surface area contributed by atoms with Crippen molar-refractivity contribution in [1.29, 1.82) is 0 Å². The predicted octanol–water partition coefficient (Wildman–Crippen LogP) is 3.63. The maximum Gasteiger partial charge on any atom is 0.490 e. The first-order chi connectivity index (χ1) is 15.6. The van der Waals surface area contributed by atoms with E-state index in [1.54, 1.807) is 12.3 Å². The molecule has 0 saturated carbocycles. The molecule has 3 aromatic rings. The zero-order chi connectivity index (χ0) is 24.2. The van der Waals surface area contributed by atoms with Crippen molar-refractivity contribution in [3.63, 3.8) is 0 Å². The molecule has 1 aliphatic rings. The van der Waals surface area contributed by atoms with Crippen LogP contribution in [0, 0.1) is 0 Å². The fourth-order valence-electron chi connectivity index (χ4n) is 3.36. The van der Waals surface area contributed by atoms with E-state index < -0.39 is 12.1 Å². The Morgan fingerprint density at radius 2 is 1.64 bits per heavy atom. The number of rotatable bonds is 2. The summed E-state index contributed by atoms with van der Waals surface area (Å²) in [6, 6.07) is 15.1. The first-order valence-corrected chi connectivity index (χ1v) is 10.0. The van der Waals surface area contributed by atoms with Crippen molar-refractivity contribution in [2.75, 3.05) is 33.2 Å². The van der Waals surface area contributed by atoms with Gasteiger partial charge in [0.15, 0.2) is 0 Å². The molecule has 0 spiro atoms. The number of aromatic hydroxyl groups is 1. The molecule has 174 valence electrons. The second kappa shape index (κ2) is 9.86. The van der Waals surface area contributed by atoms with Crippen molar-refractivity contribution >= 4 is 22.8 Å². The number of amides is 1. The maximum atomic E-state index is 12.8. The maximum absolute atomic E-state index is 12.8. The summed E-state index contributed by atoms with van der Waals surface area (Å²) >= 11 is 0. The number of carbonyl (C=O) groups is 2. The smallest absolute Gasteiger partial charge is 0.490 e. The Labute approximate surface area is 187 Å². The van der Waals surface area contributed by atoms with Crippen molar-refractivity contribution in [2.24, 2.45) is 0 Å². The first-order valence-electron chi connectivity index (χ1n) is 10.0. The number of fused-ring (bicyclic) bond motifs is 1. The standard InChI is InChI=1S/C21H21N3O2.C2HF3O2/c1-23-8-10-24(11-9-23)21(26)17-5-2-4-15(12-17)18-13-16-6-3-7-22-20(16)19(25)14-18;3-2(4,5)1(6)7/h2-7,12-14,25H,8-11H2,1H3;(H,6,7). The number of pyridine rings is 1. The van der Waals surface area contributed by atoms with Crippen LogP contribution >= 0.6 is 0 Å². The quantitative estimate of drug-likeness (QED) is 0.606. The molecule has 0 atom stereocenters. The highest BCUT2D eigenvalue weighted by Crippen LogP contribution is 2.31. The average Bonchev–Trinajstić information content (AvgIpc) is 2.79. The highest BCUT2D eigenvalue weighted by atomic mass is 19.4. The van der Waals surface area contributed by atoms with Crippen LogP contribution in [0.1, 0.15) is 10.4 Å². The SMILES string of the molecule is CN1CCN(C(=O)c2cccc(-c3cc(O)c4ncccc4c3)c2)CC1.O=C(O)C(F)(F)F. The number of halogens is 3. The molecule has 2 N–H and O–H groups in total. The van der Waals surface area contributed by atoms with E-state index in [0.29, 0.717) is 11.1 Å². The zero-order valence-corrected chi connectivity index (χ0v) is 17.7. The third-order valence-electron chi connectivity index (χ3n) is 5.16. The number of carboxylic acids is 1. The summed E-state index contributed by atoms with van der Waals surface area (Å²) in [5.74, 6) is -2.55. The highest BCUT2D eigenvalue weighted by Gasteiger charge is 2.38. The van der Waals surface area contributed by atoms with Gasteiger partial charge in [0.2, 0.25) is 0 Å². The van der Waals surface area contributed by atoms with Gasteiger partial charge in [0.25, 0.3) is 5.91 Å². The van der Waals surface area contributed by atoms with Crippen molar-refractivity contribution in [3.8, 4) is 16.9 Å². The molecule has 33 heavy (non-hydrogen) atoms. The second-order valence-corrected chi connectivity index (χ2v) is 7.55. The van der Waals surface area contributed by atoms with E-state index in [1.165, 1.54) is 0 Å². The Morgan fingerprint density at radius 1 is 0.970 bits per heavy atom. The number of nitrogens with zero attached hydrogens (tertiary/aromatic N) is 3. The molecule has 1 aliphatic heterocycles. The number of carboxylic acid groups (broad SMARTS) is 1. The van der Waals surface area contributed by atoms with Crippen molar-refractivity contribution < 1.29 is 33.0 Å². The van der Waals surface area contributed by atoms with Crippen molar-refractivity contribution in [1.82, 2.24) is 14.8 Å². The minimum Gasteiger partial charge on any atom is -0.506 e.